The summed E-state index contributed by atoms with van der Waals surface area (Å²) in [5.74, 6) is -0.893. The van der Waals surface area contributed by atoms with Crippen LogP contribution < -0.4 is 0 Å². The Labute approximate surface area is 215 Å². The molecule has 0 unspecified atom stereocenters. The van der Waals surface area contributed by atoms with Crippen LogP contribution in [0.4, 0.5) is 11.4 Å². The van der Waals surface area contributed by atoms with E-state index < -0.39 is 21.4 Å². The molecule has 0 amide bonds. The van der Waals surface area contributed by atoms with Gasteiger partial charge < -0.3 is 0 Å². The van der Waals surface area contributed by atoms with Crippen molar-refractivity contribution in [2.24, 2.45) is 9.98 Å². The van der Waals surface area contributed by atoms with E-state index >= 15 is 0 Å². The molecule has 5 rings (SSSR count). The van der Waals surface area contributed by atoms with Gasteiger partial charge in [0.05, 0.1) is 21.2 Å². The third-order valence-electron chi connectivity index (χ3n) is 6.04. The third kappa shape index (κ3) is 4.09. The lowest BCUT2D eigenvalue weighted by Crippen LogP contribution is -2.42. The number of hydrogen-bond donors (Lipinski definition) is 0. The second-order valence-electron chi connectivity index (χ2n) is 8.53. The van der Waals surface area contributed by atoms with Crippen molar-refractivity contribution >= 4 is 35.6 Å². The fraction of sp³-hybridized carbons (Fsp3) is 0.0769. The monoisotopic (exact) mass is 510 g/mol. The average Bonchev–Trinajstić information content (AvgIpc) is 2.91. The van der Waals surface area contributed by atoms with Crippen LogP contribution >= 0.6 is 0 Å². The predicted molar refractivity (Wildman–Crippen MR) is 137 cm³/mol. The quantitative estimate of drug-likeness (QED) is 0.313. The van der Waals surface area contributed by atoms with E-state index in [2.05, 4.69) is 9.98 Å². The SMILES string of the molecule is CC1=CC2=C(C(=O)c3ccc([N+](=O)[O-])cc3)N3C=NC(C)=CC3=C(C(=O)c3ccc([N+](=O)[O-])cc3)N2C=N1. The minimum absolute atomic E-state index is 0.153. The molecule has 12 nitrogen and oxygen atoms in total. The molecule has 0 atom stereocenters. The summed E-state index contributed by atoms with van der Waals surface area (Å²) in [5.41, 5.74) is 2.32. The summed E-state index contributed by atoms with van der Waals surface area (Å²) in [6, 6.07) is 10.5. The van der Waals surface area contributed by atoms with Crippen molar-refractivity contribution in [1.29, 1.82) is 0 Å². The summed E-state index contributed by atoms with van der Waals surface area (Å²) in [5, 5.41) is 22.1. The normalized spacial score (nSPS) is 16.1. The number of hydrogen-bond acceptors (Lipinski definition) is 10. The number of aliphatic imine (C=N–C) groups is 2. The molecule has 0 spiro atoms. The molecule has 0 bridgehead atoms. The van der Waals surface area contributed by atoms with E-state index in [4.69, 9.17) is 0 Å². The fourth-order valence-corrected chi connectivity index (χ4v) is 4.19. The number of non-ortho nitro benzene ring substituents is 2. The number of allylic oxidation sites excluding steroid dienone is 6. The number of carbonyl (C=O) groups excluding carboxylic acids is 2. The summed E-state index contributed by atoms with van der Waals surface area (Å²) in [4.78, 5) is 60.3. The fourth-order valence-electron chi connectivity index (χ4n) is 4.19. The van der Waals surface area contributed by atoms with Crippen LogP contribution in [0.5, 0.6) is 0 Å². The molecule has 0 N–H and O–H groups in total. The van der Waals surface area contributed by atoms with Gasteiger partial charge in [-0.15, -0.1) is 0 Å². The van der Waals surface area contributed by atoms with Gasteiger partial charge in [0.2, 0.25) is 11.6 Å². The minimum atomic E-state index is -0.552. The van der Waals surface area contributed by atoms with E-state index in [9.17, 15) is 29.8 Å². The van der Waals surface area contributed by atoms with Gasteiger partial charge in [0.25, 0.3) is 11.4 Å². The number of ketones is 2. The molecule has 0 radical (unpaired) electrons. The van der Waals surface area contributed by atoms with Crippen LogP contribution in [0.3, 0.4) is 0 Å². The Balaban J connectivity index is 1.66. The van der Waals surface area contributed by atoms with Gasteiger partial charge in [0.1, 0.15) is 24.1 Å². The predicted octanol–water partition coefficient (Wildman–Crippen LogP) is 4.50. The molecule has 188 valence electrons. The Morgan fingerprint density at radius 1 is 0.658 bits per heavy atom. The van der Waals surface area contributed by atoms with E-state index in [-0.39, 0.29) is 33.9 Å². The van der Waals surface area contributed by atoms with Crippen LogP contribution in [0.1, 0.15) is 34.6 Å². The number of nitro groups is 2. The Morgan fingerprint density at radius 2 is 1.00 bits per heavy atom. The molecule has 0 fully saturated rings. The van der Waals surface area contributed by atoms with E-state index in [0.29, 0.717) is 22.8 Å². The van der Waals surface area contributed by atoms with E-state index in [1.54, 1.807) is 26.0 Å². The standard InChI is InChI=1S/C26H18N6O6/c1-15-11-21-23(25(33)17-3-7-19(8-4-17)31(35)36)30-14-28-16(2)12-22(30)24(29(21)13-27-15)26(34)18-5-9-20(10-6-18)32(37)38/h3-14H,1-2H3. The topological polar surface area (TPSA) is 152 Å². The first kappa shape index (κ1) is 24.2. The first-order valence-electron chi connectivity index (χ1n) is 11.3. The van der Waals surface area contributed by atoms with Crippen LogP contribution in [-0.2, 0) is 0 Å². The Morgan fingerprint density at radius 3 is 1.32 bits per heavy atom. The third-order valence-corrected chi connectivity index (χ3v) is 6.04. The van der Waals surface area contributed by atoms with Crippen molar-refractivity contribution in [2.75, 3.05) is 0 Å². The molecule has 0 saturated heterocycles. The van der Waals surface area contributed by atoms with Gasteiger partial charge >= 0.3 is 0 Å². The second-order valence-corrected chi connectivity index (χ2v) is 8.53. The molecule has 38 heavy (non-hydrogen) atoms. The maximum atomic E-state index is 13.8. The Bertz CT molecular complexity index is 1490. The van der Waals surface area contributed by atoms with E-state index in [1.165, 1.54) is 71.0 Å². The molecule has 3 heterocycles. The number of rotatable bonds is 6. The largest absolute Gasteiger partial charge is 0.293 e. The first-order valence-corrected chi connectivity index (χ1v) is 11.3. The van der Waals surface area contributed by atoms with Crippen molar-refractivity contribution in [2.45, 2.75) is 13.8 Å². The highest BCUT2D eigenvalue weighted by molar-refractivity contribution is 6.15. The lowest BCUT2D eigenvalue weighted by molar-refractivity contribution is -0.385. The van der Waals surface area contributed by atoms with Gasteiger partial charge in [-0.1, -0.05) is 0 Å². The van der Waals surface area contributed by atoms with Crippen LogP contribution in [0, 0.1) is 20.2 Å². The molecule has 2 aromatic carbocycles. The smallest absolute Gasteiger partial charge is 0.269 e. The van der Waals surface area contributed by atoms with Crippen molar-refractivity contribution < 1.29 is 19.4 Å². The zero-order chi connectivity index (χ0) is 27.1. The molecular formula is C26H18N6O6. The summed E-state index contributed by atoms with van der Waals surface area (Å²) in [7, 11) is 0. The van der Waals surface area contributed by atoms with Gasteiger partial charge in [0.15, 0.2) is 0 Å². The van der Waals surface area contributed by atoms with Gasteiger partial charge in [0, 0.05) is 46.8 Å². The van der Waals surface area contributed by atoms with Gasteiger partial charge in [-0.3, -0.25) is 39.6 Å². The summed E-state index contributed by atoms with van der Waals surface area (Å²) < 4.78 is 0. The number of nitro benzene ring substituents is 2. The molecule has 0 aliphatic carbocycles. The molecular weight excluding hydrogens is 492 g/mol. The van der Waals surface area contributed by atoms with Gasteiger partial charge in [-0.25, -0.2) is 9.98 Å². The van der Waals surface area contributed by atoms with Crippen molar-refractivity contribution in [3.8, 4) is 0 Å². The molecule has 12 heteroatoms. The lowest BCUT2D eigenvalue weighted by atomic mass is 9.96. The highest BCUT2D eigenvalue weighted by atomic mass is 16.6. The number of fused-ring (bicyclic) bond motifs is 2. The number of carbonyl (C=O) groups is 2. The van der Waals surface area contributed by atoms with E-state index in [1.807, 2.05) is 0 Å². The lowest BCUT2D eigenvalue weighted by Gasteiger charge is -2.39. The number of Topliss-reactive ketones (excluding diaryl/α,β-unsaturated/α-hetero) is 2. The summed E-state index contributed by atoms with van der Waals surface area (Å²) in [6.07, 6.45) is 6.17. The van der Waals surface area contributed by atoms with E-state index in [0.717, 1.165) is 0 Å². The van der Waals surface area contributed by atoms with Crippen LogP contribution in [0.15, 0.2) is 105 Å². The number of benzene rings is 2. The highest BCUT2D eigenvalue weighted by Gasteiger charge is 2.39. The molecule has 3 aliphatic heterocycles. The maximum Gasteiger partial charge on any atom is 0.269 e. The zero-order valence-corrected chi connectivity index (χ0v) is 20.1. The highest BCUT2D eigenvalue weighted by Crippen LogP contribution is 2.38. The molecule has 0 saturated carbocycles. The Hall–Kier alpha value is -5.52. The summed E-state index contributed by atoms with van der Waals surface area (Å²) >= 11 is 0. The van der Waals surface area contributed by atoms with Crippen LogP contribution in [-0.4, -0.2) is 43.9 Å². The summed E-state index contributed by atoms with van der Waals surface area (Å²) in [6.45, 7) is 3.47. The maximum absolute atomic E-state index is 13.8. The minimum Gasteiger partial charge on any atom is -0.293 e. The number of nitrogens with zero attached hydrogens (tertiary/aromatic N) is 6. The average molecular weight is 510 g/mol. The Kier molecular flexibility index (Phi) is 5.84. The molecule has 2 aromatic rings. The van der Waals surface area contributed by atoms with Crippen molar-refractivity contribution in [1.82, 2.24) is 9.80 Å². The zero-order valence-electron chi connectivity index (χ0n) is 20.1. The molecule has 3 aliphatic rings. The van der Waals surface area contributed by atoms with Crippen LogP contribution in [0.2, 0.25) is 0 Å². The van der Waals surface area contributed by atoms with Crippen molar-refractivity contribution in [3.05, 3.63) is 126 Å². The van der Waals surface area contributed by atoms with Gasteiger partial charge in [-0.05, 0) is 50.3 Å². The second kappa shape index (κ2) is 9.17. The van der Waals surface area contributed by atoms with Crippen LogP contribution in [0.25, 0.3) is 0 Å². The molecule has 0 aromatic heterocycles. The first-order chi connectivity index (χ1) is 18.2. The van der Waals surface area contributed by atoms with Crippen molar-refractivity contribution in [3.63, 3.8) is 0 Å². The van der Waals surface area contributed by atoms with Gasteiger partial charge in [-0.2, -0.15) is 0 Å².